The highest BCUT2D eigenvalue weighted by Gasteiger charge is 2.12. The molecule has 0 fully saturated rings. The van der Waals surface area contributed by atoms with Crippen LogP contribution in [0.2, 0.25) is 0 Å². The standard InChI is InChI=1S/C14H21N3O/c1-10(2)18-9-11(15)8-14-16-12-6-4-5-7-13(12)17(14)3/h4-7,10-11H,8-9,15H2,1-3H3. The molecule has 2 aromatic rings. The number of nitrogens with two attached hydrogens (primary N) is 1. The first kappa shape index (κ1) is 13.1. The average molecular weight is 247 g/mol. The molecule has 1 unspecified atom stereocenters. The molecule has 0 amide bonds. The van der Waals surface area contributed by atoms with Gasteiger partial charge in [0, 0.05) is 19.5 Å². The number of hydrogen-bond donors (Lipinski definition) is 1. The fraction of sp³-hybridized carbons (Fsp3) is 0.500. The van der Waals surface area contributed by atoms with Gasteiger partial charge < -0.3 is 15.0 Å². The predicted molar refractivity (Wildman–Crippen MR) is 73.5 cm³/mol. The van der Waals surface area contributed by atoms with E-state index in [0.29, 0.717) is 6.61 Å². The highest BCUT2D eigenvalue weighted by Crippen LogP contribution is 2.15. The lowest BCUT2D eigenvalue weighted by Crippen LogP contribution is -2.31. The molecule has 98 valence electrons. The lowest BCUT2D eigenvalue weighted by molar-refractivity contribution is 0.0680. The van der Waals surface area contributed by atoms with Crippen LogP contribution in [0.5, 0.6) is 0 Å². The van der Waals surface area contributed by atoms with Gasteiger partial charge in [-0.05, 0) is 26.0 Å². The molecule has 0 aliphatic rings. The summed E-state index contributed by atoms with van der Waals surface area (Å²) >= 11 is 0. The summed E-state index contributed by atoms with van der Waals surface area (Å²) in [7, 11) is 2.03. The van der Waals surface area contributed by atoms with E-state index in [2.05, 4.69) is 15.6 Å². The number of aromatic nitrogens is 2. The maximum absolute atomic E-state index is 6.07. The van der Waals surface area contributed by atoms with Crippen LogP contribution in [-0.2, 0) is 18.2 Å². The molecule has 0 spiro atoms. The van der Waals surface area contributed by atoms with E-state index in [1.807, 2.05) is 39.1 Å². The van der Waals surface area contributed by atoms with Crippen molar-refractivity contribution in [2.24, 2.45) is 12.8 Å². The molecule has 2 rings (SSSR count). The van der Waals surface area contributed by atoms with Gasteiger partial charge in [-0.15, -0.1) is 0 Å². The highest BCUT2D eigenvalue weighted by molar-refractivity contribution is 5.75. The number of para-hydroxylation sites is 2. The first-order valence-corrected chi connectivity index (χ1v) is 6.35. The van der Waals surface area contributed by atoms with E-state index in [4.69, 9.17) is 10.5 Å². The van der Waals surface area contributed by atoms with Crippen molar-refractivity contribution in [1.29, 1.82) is 0 Å². The Balaban J connectivity index is 2.09. The molecule has 0 saturated carbocycles. The first-order chi connectivity index (χ1) is 8.58. The molecule has 0 saturated heterocycles. The highest BCUT2D eigenvalue weighted by atomic mass is 16.5. The summed E-state index contributed by atoms with van der Waals surface area (Å²) in [5, 5.41) is 0. The second kappa shape index (κ2) is 5.50. The molecule has 4 nitrogen and oxygen atoms in total. The molecular formula is C14H21N3O. The maximum Gasteiger partial charge on any atom is 0.111 e. The van der Waals surface area contributed by atoms with Gasteiger partial charge in [0.15, 0.2) is 0 Å². The Morgan fingerprint density at radius 1 is 1.33 bits per heavy atom. The molecule has 0 aliphatic carbocycles. The lowest BCUT2D eigenvalue weighted by Gasteiger charge is -2.14. The van der Waals surface area contributed by atoms with E-state index in [0.717, 1.165) is 23.3 Å². The van der Waals surface area contributed by atoms with Gasteiger partial charge in [0.2, 0.25) is 0 Å². The van der Waals surface area contributed by atoms with Crippen molar-refractivity contribution >= 4 is 11.0 Å². The van der Waals surface area contributed by atoms with Crippen LogP contribution in [0, 0.1) is 0 Å². The van der Waals surface area contributed by atoms with E-state index in [-0.39, 0.29) is 12.1 Å². The molecule has 1 aromatic carbocycles. The van der Waals surface area contributed by atoms with Gasteiger partial charge in [-0.25, -0.2) is 4.98 Å². The Hall–Kier alpha value is -1.39. The molecule has 0 bridgehead atoms. The minimum atomic E-state index is -0.0112. The molecule has 18 heavy (non-hydrogen) atoms. The van der Waals surface area contributed by atoms with Crippen LogP contribution >= 0.6 is 0 Å². The van der Waals surface area contributed by atoms with Gasteiger partial charge in [-0.3, -0.25) is 0 Å². The van der Waals surface area contributed by atoms with Crippen LogP contribution in [0.1, 0.15) is 19.7 Å². The summed E-state index contributed by atoms with van der Waals surface area (Å²) in [5.74, 6) is 1.01. The van der Waals surface area contributed by atoms with Crippen molar-refractivity contribution in [1.82, 2.24) is 9.55 Å². The number of hydrogen-bond acceptors (Lipinski definition) is 3. The van der Waals surface area contributed by atoms with Crippen molar-refractivity contribution in [3.63, 3.8) is 0 Å². The van der Waals surface area contributed by atoms with E-state index in [1.165, 1.54) is 0 Å². The zero-order chi connectivity index (χ0) is 13.1. The molecule has 1 heterocycles. The Bertz CT molecular complexity index is 519. The fourth-order valence-corrected chi connectivity index (χ4v) is 1.99. The number of benzene rings is 1. The Morgan fingerprint density at radius 2 is 2.06 bits per heavy atom. The minimum Gasteiger partial charge on any atom is -0.377 e. The molecule has 2 N–H and O–H groups in total. The van der Waals surface area contributed by atoms with Crippen molar-refractivity contribution in [3.05, 3.63) is 30.1 Å². The largest absolute Gasteiger partial charge is 0.377 e. The summed E-state index contributed by atoms with van der Waals surface area (Å²) in [6, 6.07) is 8.11. The van der Waals surface area contributed by atoms with Gasteiger partial charge in [-0.2, -0.15) is 0 Å². The summed E-state index contributed by atoms with van der Waals surface area (Å²) in [4.78, 5) is 4.61. The third-order valence-corrected chi connectivity index (χ3v) is 2.97. The molecule has 0 aliphatic heterocycles. The van der Waals surface area contributed by atoms with Crippen LogP contribution < -0.4 is 5.73 Å². The first-order valence-electron chi connectivity index (χ1n) is 6.35. The van der Waals surface area contributed by atoms with Gasteiger partial charge in [0.05, 0.1) is 23.7 Å². The number of nitrogens with zero attached hydrogens (tertiary/aromatic N) is 2. The van der Waals surface area contributed by atoms with Gasteiger partial charge in [0.25, 0.3) is 0 Å². The van der Waals surface area contributed by atoms with Crippen LogP contribution in [-0.4, -0.2) is 28.3 Å². The van der Waals surface area contributed by atoms with E-state index in [9.17, 15) is 0 Å². The zero-order valence-corrected chi connectivity index (χ0v) is 11.3. The van der Waals surface area contributed by atoms with Crippen LogP contribution in [0.3, 0.4) is 0 Å². The number of ether oxygens (including phenoxy) is 1. The van der Waals surface area contributed by atoms with Gasteiger partial charge >= 0.3 is 0 Å². The Morgan fingerprint density at radius 3 is 2.72 bits per heavy atom. The van der Waals surface area contributed by atoms with Crippen molar-refractivity contribution in [2.45, 2.75) is 32.4 Å². The molecular weight excluding hydrogens is 226 g/mol. The molecule has 1 atom stereocenters. The number of fused-ring (bicyclic) bond motifs is 1. The second-order valence-electron chi connectivity index (χ2n) is 4.92. The quantitative estimate of drug-likeness (QED) is 0.877. The molecule has 0 radical (unpaired) electrons. The van der Waals surface area contributed by atoms with Crippen molar-refractivity contribution in [3.8, 4) is 0 Å². The minimum absolute atomic E-state index is 0.0112. The van der Waals surface area contributed by atoms with Gasteiger partial charge in [-0.1, -0.05) is 12.1 Å². The topological polar surface area (TPSA) is 53.1 Å². The number of aryl methyl sites for hydroxylation is 1. The van der Waals surface area contributed by atoms with Crippen LogP contribution in [0.25, 0.3) is 11.0 Å². The summed E-state index contributed by atoms with van der Waals surface area (Å²) in [5.41, 5.74) is 8.23. The average Bonchev–Trinajstić information content (AvgIpc) is 2.65. The second-order valence-corrected chi connectivity index (χ2v) is 4.92. The van der Waals surface area contributed by atoms with E-state index in [1.54, 1.807) is 0 Å². The van der Waals surface area contributed by atoms with E-state index >= 15 is 0 Å². The van der Waals surface area contributed by atoms with Crippen molar-refractivity contribution < 1.29 is 4.74 Å². The molecule has 4 heteroatoms. The van der Waals surface area contributed by atoms with Crippen molar-refractivity contribution in [2.75, 3.05) is 6.61 Å². The smallest absolute Gasteiger partial charge is 0.111 e. The fourth-order valence-electron chi connectivity index (χ4n) is 1.99. The van der Waals surface area contributed by atoms with Crippen LogP contribution in [0.4, 0.5) is 0 Å². The molecule has 1 aromatic heterocycles. The zero-order valence-electron chi connectivity index (χ0n) is 11.3. The van der Waals surface area contributed by atoms with E-state index < -0.39 is 0 Å². The predicted octanol–water partition coefficient (Wildman–Crippen LogP) is 1.87. The summed E-state index contributed by atoms with van der Waals surface area (Å²) < 4.78 is 7.63. The number of rotatable bonds is 5. The number of imidazole rings is 1. The SMILES string of the molecule is CC(C)OCC(N)Cc1nc2ccccc2n1C. The normalized spacial score (nSPS) is 13.4. The Kier molecular flexibility index (Phi) is 3.99. The third-order valence-electron chi connectivity index (χ3n) is 2.97. The lowest BCUT2D eigenvalue weighted by atomic mass is 10.2. The van der Waals surface area contributed by atoms with Gasteiger partial charge in [0.1, 0.15) is 5.82 Å². The summed E-state index contributed by atoms with van der Waals surface area (Å²) in [6.07, 6.45) is 0.953. The monoisotopic (exact) mass is 247 g/mol. The Labute approximate surface area is 108 Å². The summed E-state index contributed by atoms with van der Waals surface area (Å²) in [6.45, 7) is 4.60. The maximum atomic E-state index is 6.07. The third kappa shape index (κ3) is 2.89. The van der Waals surface area contributed by atoms with Crippen LogP contribution in [0.15, 0.2) is 24.3 Å².